The van der Waals surface area contributed by atoms with Crippen LogP contribution in [-0.2, 0) is 0 Å². The van der Waals surface area contributed by atoms with E-state index >= 15 is 8.78 Å². The van der Waals surface area contributed by atoms with Crippen LogP contribution in [-0.4, -0.2) is 55.1 Å². The van der Waals surface area contributed by atoms with Crippen LogP contribution in [0.3, 0.4) is 0 Å². The highest BCUT2D eigenvalue weighted by atomic mass is 19.1. The molecule has 3 aromatic rings. The molecule has 8 nitrogen and oxygen atoms in total. The number of nitrogens with zero attached hydrogens (tertiary/aromatic N) is 3. The first kappa shape index (κ1) is 23.9. The number of halogens is 2. The van der Waals surface area contributed by atoms with Crippen molar-refractivity contribution < 1.29 is 23.4 Å². The van der Waals surface area contributed by atoms with E-state index in [1.54, 1.807) is 29.1 Å². The molecule has 1 aliphatic rings. The molecule has 34 heavy (non-hydrogen) atoms. The molecule has 0 bridgehead atoms. The Morgan fingerprint density at radius 1 is 1.15 bits per heavy atom. The molecule has 1 saturated heterocycles. The summed E-state index contributed by atoms with van der Waals surface area (Å²) in [6.45, 7) is 1.55. The molecule has 10 heteroatoms. The molecule has 0 aliphatic carbocycles. The molecule has 1 fully saturated rings. The predicted octanol–water partition coefficient (Wildman–Crippen LogP) is 3.14. The number of hydrogen-bond donors (Lipinski definition) is 2. The molecule has 0 amide bonds. The van der Waals surface area contributed by atoms with Gasteiger partial charge in [0, 0.05) is 30.9 Å². The van der Waals surface area contributed by atoms with Gasteiger partial charge in [0.25, 0.3) is 5.56 Å². The maximum absolute atomic E-state index is 15.3. The van der Waals surface area contributed by atoms with Gasteiger partial charge in [-0.15, -0.1) is 0 Å². The summed E-state index contributed by atoms with van der Waals surface area (Å²) in [5.74, 6) is -2.18. The third-order valence-corrected chi connectivity index (χ3v) is 6.14. The minimum atomic E-state index is -0.905. The van der Waals surface area contributed by atoms with Gasteiger partial charge in [0.2, 0.25) is 0 Å². The summed E-state index contributed by atoms with van der Waals surface area (Å²) in [6.07, 6.45) is 3.43. The lowest BCUT2D eigenvalue weighted by atomic mass is 10.1. The number of benzene rings is 2. The van der Waals surface area contributed by atoms with E-state index in [1.165, 1.54) is 19.1 Å². The second-order valence-corrected chi connectivity index (χ2v) is 8.13. The second-order valence-electron chi connectivity index (χ2n) is 8.13. The zero-order chi connectivity index (χ0) is 24.2. The largest absolute Gasteiger partial charge is 0.493 e. The molecule has 0 radical (unpaired) electrons. The number of nitrogens with one attached hydrogen (secondary N) is 1. The van der Waals surface area contributed by atoms with Gasteiger partial charge in [-0.1, -0.05) is 0 Å². The zero-order valence-corrected chi connectivity index (χ0v) is 19.2. The Hall–Kier alpha value is -3.24. The van der Waals surface area contributed by atoms with Crippen molar-refractivity contribution >= 4 is 22.3 Å². The van der Waals surface area contributed by atoms with Crippen LogP contribution in [0.15, 0.2) is 35.4 Å². The number of hydrogen-bond acceptors (Lipinski definition) is 7. The number of rotatable bonds is 8. The molecule has 182 valence electrons. The van der Waals surface area contributed by atoms with Crippen molar-refractivity contribution in [3.8, 4) is 11.5 Å². The molecule has 1 aromatic heterocycles. The van der Waals surface area contributed by atoms with E-state index in [9.17, 15) is 9.90 Å². The number of aromatic nitrogens is 2. The summed E-state index contributed by atoms with van der Waals surface area (Å²) in [5.41, 5.74) is 0.290. The van der Waals surface area contributed by atoms with Crippen molar-refractivity contribution in [2.24, 2.45) is 0 Å². The van der Waals surface area contributed by atoms with Crippen molar-refractivity contribution in [2.75, 3.05) is 45.4 Å². The van der Waals surface area contributed by atoms with Crippen LogP contribution < -0.4 is 25.2 Å². The molecule has 0 spiro atoms. The maximum atomic E-state index is 15.3. The summed E-state index contributed by atoms with van der Waals surface area (Å²) >= 11 is 0. The zero-order valence-electron chi connectivity index (χ0n) is 19.2. The number of piperidine rings is 1. The standard InChI is InChI=1S/C24H28F2N4O4/c1-33-19-13-20(34-2)22(26)23(21(19)25)29(10-3-11-31)16-4-5-18-17(12-16)24(32)30(14-28-18)15-6-8-27-9-7-15/h4-5,12-15,27,31H,3,6-11H2,1-2H3. The average Bonchev–Trinajstić information content (AvgIpc) is 2.87. The first-order valence-electron chi connectivity index (χ1n) is 11.2. The van der Waals surface area contributed by atoms with Crippen LogP contribution in [0, 0.1) is 11.6 Å². The van der Waals surface area contributed by atoms with Gasteiger partial charge in [0.1, 0.15) is 5.69 Å². The molecule has 2 N–H and O–H groups in total. The summed E-state index contributed by atoms with van der Waals surface area (Å²) in [7, 11) is 2.56. The molecule has 4 rings (SSSR count). The number of methoxy groups -OCH3 is 2. The molecular formula is C24H28F2N4O4. The lowest BCUT2D eigenvalue weighted by molar-refractivity contribution is 0.290. The molecule has 0 unspecified atom stereocenters. The fourth-order valence-electron chi connectivity index (χ4n) is 4.35. The molecular weight excluding hydrogens is 446 g/mol. The van der Waals surface area contributed by atoms with Gasteiger partial charge in [-0.3, -0.25) is 9.36 Å². The topological polar surface area (TPSA) is 88.8 Å². The third-order valence-electron chi connectivity index (χ3n) is 6.14. The number of aliphatic hydroxyl groups excluding tert-OH is 1. The van der Waals surface area contributed by atoms with E-state index in [0.717, 1.165) is 32.0 Å². The van der Waals surface area contributed by atoms with Gasteiger partial charge in [-0.25, -0.2) is 13.8 Å². The van der Waals surface area contributed by atoms with Crippen molar-refractivity contribution in [3.05, 3.63) is 52.6 Å². The quantitative estimate of drug-likeness (QED) is 0.519. The predicted molar refractivity (Wildman–Crippen MR) is 125 cm³/mol. The van der Waals surface area contributed by atoms with Crippen molar-refractivity contribution in [3.63, 3.8) is 0 Å². The fraction of sp³-hybridized carbons (Fsp3) is 0.417. The van der Waals surface area contributed by atoms with E-state index < -0.39 is 11.6 Å². The Bertz CT molecular complexity index is 1200. The van der Waals surface area contributed by atoms with Crippen molar-refractivity contribution in [1.82, 2.24) is 14.9 Å². The summed E-state index contributed by atoms with van der Waals surface area (Å²) in [6, 6.07) is 6.06. The third kappa shape index (κ3) is 4.43. The number of aliphatic hydroxyl groups is 1. The summed E-state index contributed by atoms with van der Waals surface area (Å²) in [4.78, 5) is 19.2. The Labute approximate surface area is 195 Å². The SMILES string of the molecule is COc1cc(OC)c(F)c(N(CCCO)c2ccc3ncn(C4CCNCC4)c(=O)c3c2)c1F. The molecule has 2 heterocycles. The van der Waals surface area contributed by atoms with Crippen LogP contribution >= 0.6 is 0 Å². The van der Waals surface area contributed by atoms with Crippen LogP contribution in [0.4, 0.5) is 20.2 Å². The van der Waals surface area contributed by atoms with E-state index in [4.69, 9.17) is 9.47 Å². The fourth-order valence-corrected chi connectivity index (χ4v) is 4.35. The van der Waals surface area contributed by atoms with Crippen molar-refractivity contribution in [2.45, 2.75) is 25.3 Å². The van der Waals surface area contributed by atoms with E-state index in [-0.39, 0.29) is 48.4 Å². The monoisotopic (exact) mass is 474 g/mol. The number of fused-ring (bicyclic) bond motifs is 1. The van der Waals surface area contributed by atoms with Gasteiger partial charge in [-0.2, -0.15) is 0 Å². The number of anilines is 2. The normalized spacial score (nSPS) is 14.4. The van der Waals surface area contributed by atoms with Gasteiger partial charge in [0.15, 0.2) is 23.1 Å². The highest BCUT2D eigenvalue weighted by Gasteiger charge is 2.26. The smallest absolute Gasteiger partial charge is 0.261 e. The van der Waals surface area contributed by atoms with Crippen LogP contribution in [0.2, 0.25) is 0 Å². The van der Waals surface area contributed by atoms with E-state index in [1.807, 2.05) is 0 Å². The van der Waals surface area contributed by atoms with E-state index in [0.29, 0.717) is 16.6 Å². The molecule has 0 atom stereocenters. The lowest BCUT2D eigenvalue weighted by Crippen LogP contribution is -2.34. The van der Waals surface area contributed by atoms with Crippen LogP contribution in [0.5, 0.6) is 11.5 Å². The summed E-state index contributed by atoms with van der Waals surface area (Å²) < 4.78 is 42.4. The van der Waals surface area contributed by atoms with Gasteiger partial charge in [-0.05, 0) is 50.6 Å². The summed E-state index contributed by atoms with van der Waals surface area (Å²) in [5, 5.41) is 13.0. The maximum Gasteiger partial charge on any atom is 0.261 e. The minimum Gasteiger partial charge on any atom is -0.493 e. The van der Waals surface area contributed by atoms with Crippen LogP contribution in [0.25, 0.3) is 10.9 Å². The molecule has 0 saturated carbocycles. The number of ether oxygens (including phenoxy) is 2. The van der Waals surface area contributed by atoms with Gasteiger partial charge in [0.05, 0.1) is 31.4 Å². The Kier molecular flexibility index (Phi) is 7.28. The molecule has 2 aromatic carbocycles. The Morgan fingerprint density at radius 3 is 2.44 bits per heavy atom. The highest BCUT2D eigenvalue weighted by Crippen LogP contribution is 2.40. The highest BCUT2D eigenvalue weighted by molar-refractivity contribution is 5.83. The molecule has 1 aliphatic heterocycles. The van der Waals surface area contributed by atoms with Gasteiger partial charge >= 0.3 is 0 Å². The average molecular weight is 475 g/mol. The lowest BCUT2D eigenvalue weighted by Gasteiger charge is -2.27. The van der Waals surface area contributed by atoms with E-state index in [2.05, 4.69) is 10.3 Å². The Balaban J connectivity index is 1.87. The minimum absolute atomic E-state index is 0.0392. The van der Waals surface area contributed by atoms with Crippen molar-refractivity contribution in [1.29, 1.82) is 0 Å². The second kappa shape index (κ2) is 10.4. The van der Waals surface area contributed by atoms with Crippen LogP contribution in [0.1, 0.15) is 25.3 Å². The Morgan fingerprint density at radius 2 is 1.82 bits per heavy atom. The van der Waals surface area contributed by atoms with Gasteiger partial charge < -0.3 is 24.8 Å². The first-order valence-corrected chi connectivity index (χ1v) is 11.2. The first-order chi connectivity index (χ1) is 16.5.